The molecule has 0 saturated carbocycles. The van der Waals surface area contributed by atoms with Gasteiger partial charge >= 0.3 is 6.18 Å². The molecule has 2 aromatic carbocycles. The van der Waals surface area contributed by atoms with Gasteiger partial charge in [-0.15, -0.1) is 0 Å². The Kier molecular flexibility index (Phi) is 7.10. The van der Waals surface area contributed by atoms with Crippen LogP contribution in [0.15, 0.2) is 48.5 Å². The number of hydrogen-bond acceptors (Lipinski definition) is 2. The minimum atomic E-state index is -4.49. The lowest BCUT2D eigenvalue weighted by atomic mass is 9.79. The van der Waals surface area contributed by atoms with Crippen LogP contribution in [0.5, 0.6) is 0 Å². The number of halogens is 3. The maximum atomic E-state index is 13.3. The zero-order valence-electron chi connectivity index (χ0n) is 18.4. The fraction of sp³-hybridized carbons (Fsp3) is 0.480. The topological polar surface area (TPSA) is 32.3 Å². The Morgan fingerprint density at radius 2 is 1.65 bits per heavy atom. The highest BCUT2D eigenvalue weighted by molar-refractivity contribution is 5.96. The fourth-order valence-electron chi connectivity index (χ4n) is 4.88. The molecule has 0 aromatic heterocycles. The van der Waals surface area contributed by atoms with Gasteiger partial charge in [0.15, 0.2) is 0 Å². The number of carbonyl (C=O) groups is 1. The highest BCUT2D eigenvalue weighted by Gasteiger charge is 2.44. The molecule has 1 heterocycles. The maximum absolute atomic E-state index is 13.3. The van der Waals surface area contributed by atoms with Gasteiger partial charge < -0.3 is 5.32 Å². The van der Waals surface area contributed by atoms with Crippen LogP contribution in [0.3, 0.4) is 0 Å². The Balaban J connectivity index is 2.03. The van der Waals surface area contributed by atoms with Crippen LogP contribution >= 0.6 is 0 Å². The molecule has 6 heteroatoms. The second-order valence-electron chi connectivity index (χ2n) is 8.35. The van der Waals surface area contributed by atoms with Gasteiger partial charge in [-0.05, 0) is 69.0 Å². The van der Waals surface area contributed by atoms with Crippen LogP contribution < -0.4 is 5.32 Å². The Morgan fingerprint density at radius 3 is 2.19 bits per heavy atom. The van der Waals surface area contributed by atoms with Crippen molar-refractivity contribution in [2.45, 2.75) is 64.2 Å². The van der Waals surface area contributed by atoms with Gasteiger partial charge in [-0.25, -0.2) is 0 Å². The summed E-state index contributed by atoms with van der Waals surface area (Å²) in [6.07, 6.45) is -0.614. The first-order chi connectivity index (χ1) is 14.7. The van der Waals surface area contributed by atoms with E-state index in [0.29, 0.717) is 5.56 Å². The predicted octanol–water partition coefficient (Wildman–Crippen LogP) is 6.14. The van der Waals surface area contributed by atoms with E-state index in [0.717, 1.165) is 56.5 Å². The second kappa shape index (κ2) is 9.43. The van der Waals surface area contributed by atoms with Crippen LogP contribution in [0.25, 0.3) is 0 Å². The minimum absolute atomic E-state index is 0.0679. The van der Waals surface area contributed by atoms with E-state index in [1.807, 2.05) is 30.3 Å². The fourth-order valence-corrected chi connectivity index (χ4v) is 4.88. The number of nitrogens with zero attached hydrogens (tertiary/aromatic N) is 1. The third-order valence-corrected chi connectivity index (χ3v) is 6.72. The van der Waals surface area contributed by atoms with Gasteiger partial charge in [-0.1, -0.05) is 50.2 Å². The number of aryl methyl sites for hydroxylation is 1. The smallest absolute Gasteiger partial charge is 0.343 e. The summed E-state index contributed by atoms with van der Waals surface area (Å²) in [6, 6.07) is 12.8. The Hall–Kier alpha value is -2.34. The van der Waals surface area contributed by atoms with Gasteiger partial charge in [0.05, 0.1) is 11.6 Å². The van der Waals surface area contributed by atoms with Gasteiger partial charge in [-0.2, -0.15) is 13.2 Å². The normalized spacial score (nSPS) is 16.3. The molecule has 31 heavy (non-hydrogen) atoms. The average Bonchev–Trinajstić information content (AvgIpc) is 3.29. The molecule has 1 aliphatic heterocycles. The summed E-state index contributed by atoms with van der Waals surface area (Å²) >= 11 is 0. The van der Waals surface area contributed by atoms with Gasteiger partial charge in [0, 0.05) is 11.1 Å². The summed E-state index contributed by atoms with van der Waals surface area (Å²) in [6.45, 7) is 7.84. The van der Waals surface area contributed by atoms with Crippen molar-refractivity contribution in [1.29, 1.82) is 0 Å². The van der Waals surface area contributed by atoms with E-state index in [2.05, 4.69) is 24.1 Å². The zero-order chi connectivity index (χ0) is 22.6. The van der Waals surface area contributed by atoms with Crippen molar-refractivity contribution >= 4 is 5.91 Å². The highest BCUT2D eigenvalue weighted by Crippen LogP contribution is 2.40. The molecule has 1 aliphatic rings. The van der Waals surface area contributed by atoms with Gasteiger partial charge in [-0.3, -0.25) is 9.69 Å². The summed E-state index contributed by atoms with van der Waals surface area (Å²) in [5.41, 5.74) is 0.450. The average molecular weight is 433 g/mol. The maximum Gasteiger partial charge on any atom is 0.416 e. The molecule has 0 spiro atoms. The molecule has 0 aliphatic carbocycles. The number of likely N-dealkylation sites (tertiary alicyclic amines) is 1. The molecule has 168 valence electrons. The Labute approximate surface area is 182 Å². The molecule has 3 rings (SSSR count). The number of amides is 1. The Bertz CT molecular complexity index is 885. The first kappa shape index (κ1) is 23.3. The zero-order valence-corrected chi connectivity index (χ0v) is 18.4. The van der Waals surface area contributed by atoms with Gasteiger partial charge in [0.2, 0.25) is 0 Å². The van der Waals surface area contributed by atoms with Crippen LogP contribution in [0.2, 0.25) is 0 Å². The summed E-state index contributed by atoms with van der Waals surface area (Å²) < 4.78 is 39.8. The quantitative estimate of drug-likeness (QED) is 0.570. The lowest BCUT2D eigenvalue weighted by Crippen LogP contribution is -2.56. The first-order valence-electron chi connectivity index (χ1n) is 11.0. The lowest BCUT2D eigenvalue weighted by molar-refractivity contribution is -0.137. The SMILES string of the molecule is CCC(CC)(C(NC(=O)c1cc(C(F)(F)F)ccc1C)c1ccccc1)N1CCCC1. The summed E-state index contributed by atoms with van der Waals surface area (Å²) in [4.78, 5) is 15.8. The van der Waals surface area contributed by atoms with Crippen molar-refractivity contribution < 1.29 is 18.0 Å². The molecule has 0 radical (unpaired) electrons. The van der Waals surface area contributed by atoms with Crippen molar-refractivity contribution in [3.8, 4) is 0 Å². The molecule has 1 unspecified atom stereocenters. The number of rotatable bonds is 7. The molecule has 1 atom stereocenters. The van der Waals surface area contributed by atoms with Crippen LogP contribution in [0, 0.1) is 6.92 Å². The van der Waals surface area contributed by atoms with Crippen molar-refractivity contribution in [3.63, 3.8) is 0 Å². The van der Waals surface area contributed by atoms with E-state index in [1.54, 1.807) is 6.92 Å². The van der Waals surface area contributed by atoms with Crippen molar-refractivity contribution in [3.05, 3.63) is 70.8 Å². The van der Waals surface area contributed by atoms with Crippen LogP contribution in [0.4, 0.5) is 13.2 Å². The molecule has 1 fully saturated rings. The van der Waals surface area contributed by atoms with Crippen LogP contribution in [-0.2, 0) is 6.18 Å². The molecule has 1 saturated heterocycles. The summed E-state index contributed by atoms with van der Waals surface area (Å²) in [5.74, 6) is -0.470. The summed E-state index contributed by atoms with van der Waals surface area (Å²) in [7, 11) is 0. The third-order valence-electron chi connectivity index (χ3n) is 6.72. The number of nitrogens with one attached hydrogen (secondary N) is 1. The third kappa shape index (κ3) is 4.79. The Morgan fingerprint density at radius 1 is 1.03 bits per heavy atom. The van der Waals surface area contributed by atoms with E-state index < -0.39 is 17.6 Å². The lowest BCUT2D eigenvalue weighted by Gasteiger charge is -2.47. The number of carbonyl (C=O) groups excluding carboxylic acids is 1. The monoisotopic (exact) mass is 432 g/mol. The van der Waals surface area contributed by atoms with Crippen LogP contribution in [-0.4, -0.2) is 29.4 Å². The van der Waals surface area contributed by atoms with E-state index in [1.165, 1.54) is 6.07 Å². The number of benzene rings is 2. The standard InChI is InChI=1S/C25H31F3N2O/c1-4-24(5-2,30-15-9-10-16-30)22(19-11-7-6-8-12-19)29-23(31)21-17-20(25(26,27)28)14-13-18(21)3/h6-8,11-14,17,22H,4-5,9-10,15-16H2,1-3H3,(H,29,31). The largest absolute Gasteiger partial charge is 0.416 e. The molecule has 1 N–H and O–H groups in total. The second-order valence-corrected chi connectivity index (χ2v) is 8.35. The molecule has 3 nitrogen and oxygen atoms in total. The van der Waals surface area contributed by atoms with E-state index in [4.69, 9.17) is 0 Å². The van der Waals surface area contributed by atoms with Crippen LogP contribution in [0.1, 0.15) is 72.6 Å². The number of hydrogen-bond donors (Lipinski definition) is 1. The first-order valence-corrected chi connectivity index (χ1v) is 11.0. The molecule has 2 aromatic rings. The van der Waals surface area contributed by atoms with Crippen molar-refractivity contribution in [2.75, 3.05) is 13.1 Å². The predicted molar refractivity (Wildman–Crippen MR) is 117 cm³/mol. The molecule has 1 amide bonds. The minimum Gasteiger partial charge on any atom is -0.343 e. The van der Waals surface area contributed by atoms with E-state index in [-0.39, 0.29) is 17.1 Å². The van der Waals surface area contributed by atoms with Crippen molar-refractivity contribution in [1.82, 2.24) is 10.2 Å². The number of alkyl halides is 3. The van der Waals surface area contributed by atoms with E-state index >= 15 is 0 Å². The van der Waals surface area contributed by atoms with E-state index in [9.17, 15) is 18.0 Å². The molecule has 0 bridgehead atoms. The van der Waals surface area contributed by atoms with Crippen molar-refractivity contribution in [2.24, 2.45) is 0 Å². The highest BCUT2D eigenvalue weighted by atomic mass is 19.4. The molecular formula is C25H31F3N2O. The van der Waals surface area contributed by atoms with Gasteiger partial charge in [0.25, 0.3) is 5.91 Å². The van der Waals surface area contributed by atoms with Gasteiger partial charge in [0.1, 0.15) is 0 Å². The summed E-state index contributed by atoms with van der Waals surface area (Å²) in [5, 5.41) is 3.14. The molecular weight excluding hydrogens is 401 g/mol.